The topological polar surface area (TPSA) is 9.23 Å². The molecule has 0 aliphatic heterocycles. The van der Waals surface area contributed by atoms with Gasteiger partial charge >= 0.3 is 6.18 Å². The third-order valence-electron chi connectivity index (χ3n) is 1.66. The molecule has 0 amide bonds. The molecule has 0 aliphatic rings. The molecule has 16 heavy (non-hydrogen) atoms. The fraction of sp³-hybridized carbons (Fsp3) is 0.455. The average Bonchev–Trinajstić information content (AvgIpc) is 2.04. The van der Waals surface area contributed by atoms with E-state index in [9.17, 15) is 13.2 Å². The molecule has 1 aromatic rings. The molecule has 1 nitrogen and oxygen atoms in total. The summed E-state index contributed by atoms with van der Waals surface area (Å²) in [6.45, 7) is 5.05. The fourth-order valence-electron chi connectivity index (χ4n) is 1.14. The molecule has 1 aromatic carbocycles. The van der Waals surface area contributed by atoms with Crippen molar-refractivity contribution in [3.05, 3.63) is 28.8 Å². The summed E-state index contributed by atoms with van der Waals surface area (Å²) in [7, 11) is 0. The lowest BCUT2D eigenvalue weighted by molar-refractivity contribution is -0.139. The quantitative estimate of drug-likeness (QED) is 0.713. The number of halogens is 4. The van der Waals surface area contributed by atoms with E-state index >= 15 is 0 Å². The number of benzene rings is 1. The Morgan fingerprint density at radius 1 is 1.12 bits per heavy atom. The van der Waals surface area contributed by atoms with E-state index < -0.39 is 17.3 Å². The van der Waals surface area contributed by atoms with Crippen molar-refractivity contribution in [1.82, 2.24) is 0 Å². The van der Waals surface area contributed by atoms with Crippen LogP contribution in [0.5, 0.6) is 5.75 Å². The highest BCUT2D eigenvalue weighted by Crippen LogP contribution is 2.38. The molecule has 0 aliphatic carbocycles. The zero-order chi connectivity index (χ0) is 12.6. The first-order chi connectivity index (χ1) is 7.09. The summed E-state index contributed by atoms with van der Waals surface area (Å²) in [6.07, 6.45) is -4.47. The van der Waals surface area contributed by atoms with Gasteiger partial charge in [-0.05, 0) is 39.0 Å². The van der Waals surface area contributed by atoms with Crippen LogP contribution < -0.4 is 4.74 Å². The average molecular weight is 253 g/mol. The van der Waals surface area contributed by atoms with E-state index in [0.29, 0.717) is 0 Å². The lowest BCUT2D eigenvalue weighted by atomic mass is 10.1. The number of ether oxygens (including phenoxy) is 1. The van der Waals surface area contributed by atoms with E-state index in [0.717, 1.165) is 6.07 Å². The van der Waals surface area contributed by atoms with E-state index in [4.69, 9.17) is 16.3 Å². The summed E-state index contributed by atoms with van der Waals surface area (Å²) in [4.78, 5) is 0. The Labute approximate surface area is 97.2 Å². The molecule has 0 heterocycles. The minimum Gasteiger partial charge on any atom is -0.488 e. The third kappa shape index (κ3) is 3.59. The maximum atomic E-state index is 12.7. The van der Waals surface area contributed by atoms with Crippen LogP contribution in [0.15, 0.2) is 18.2 Å². The van der Waals surface area contributed by atoms with Crippen LogP contribution in [0, 0.1) is 0 Å². The van der Waals surface area contributed by atoms with Crippen LogP contribution in [0.25, 0.3) is 0 Å². The molecule has 0 unspecified atom stereocenters. The Hall–Kier alpha value is -0.900. The normalized spacial score (nSPS) is 12.7. The summed E-state index contributed by atoms with van der Waals surface area (Å²) in [5.41, 5.74) is -1.54. The van der Waals surface area contributed by atoms with Gasteiger partial charge in [0.1, 0.15) is 11.4 Å². The zero-order valence-electron chi connectivity index (χ0n) is 9.15. The van der Waals surface area contributed by atoms with Crippen molar-refractivity contribution in [1.29, 1.82) is 0 Å². The molecule has 0 fully saturated rings. The van der Waals surface area contributed by atoms with Crippen molar-refractivity contribution in [2.45, 2.75) is 32.5 Å². The number of hydrogen-bond acceptors (Lipinski definition) is 1. The predicted octanol–water partition coefficient (Wildman–Crippen LogP) is 4.54. The highest BCUT2D eigenvalue weighted by Gasteiger charge is 2.35. The number of alkyl halides is 3. The molecule has 0 atom stereocenters. The Morgan fingerprint density at radius 2 is 1.69 bits per heavy atom. The van der Waals surface area contributed by atoms with E-state index in [1.807, 2.05) is 0 Å². The molecule has 0 bridgehead atoms. The number of hydrogen-bond donors (Lipinski definition) is 0. The summed E-state index contributed by atoms with van der Waals surface area (Å²) in [5, 5.41) is 0.0357. The molecular formula is C11H12ClF3O. The Balaban J connectivity index is 3.19. The van der Waals surface area contributed by atoms with Gasteiger partial charge in [0.2, 0.25) is 0 Å². The molecule has 0 saturated carbocycles. The minimum atomic E-state index is -4.47. The maximum absolute atomic E-state index is 12.7. The van der Waals surface area contributed by atoms with Crippen LogP contribution >= 0.6 is 11.6 Å². The molecule has 0 N–H and O–H groups in total. The molecule has 0 radical (unpaired) electrons. The Bertz CT molecular complexity index is 380. The van der Waals surface area contributed by atoms with Gasteiger partial charge in [-0.25, -0.2) is 0 Å². The van der Waals surface area contributed by atoms with Gasteiger partial charge in [-0.1, -0.05) is 11.6 Å². The summed E-state index contributed by atoms with van der Waals surface area (Å²) < 4.78 is 43.2. The van der Waals surface area contributed by atoms with Gasteiger partial charge in [0, 0.05) is 5.02 Å². The largest absolute Gasteiger partial charge is 0.488 e. The van der Waals surface area contributed by atoms with Gasteiger partial charge in [-0.15, -0.1) is 0 Å². The highest BCUT2D eigenvalue weighted by molar-refractivity contribution is 6.30. The third-order valence-corrected chi connectivity index (χ3v) is 1.90. The number of rotatable bonds is 1. The van der Waals surface area contributed by atoms with Crippen LogP contribution in [-0.2, 0) is 6.18 Å². The van der Waals surface area contributed by atoms with Crippen LogP contribution in [0.3, 0.4) is 0 Å². The van der Waals surface area contributed by atoms with Crippen LogP contribution in [0.4, 0.5) is 13.2 Å². The van der Waals surface area contributed by atoms with E-state index in [2.05, 4.69) is 0 Å². The van der Waals surface area contributed by atoms with Gasteiger partial charge in [-0.2, -0.15) is 13.2 Å². The van der Waals surface area contributed by atoms with Crippen LogP contribution in [0.2, 0.25) is 5.02 Å². The molecule has 90 valence electrons. The van der Waals surface area contributed by atoms with E-state index in [1.54, 1.807) is 20.8 Å². The van der Waals surface area contributed by atoms with Gasteiger partial charge in [-0.3, -0.25) is 0 Å². The first-order valence-electron chi connectivity index (χ1n) is 4.65. The van der Waals surface area contributed by atoms with Gasteiger partial charge in [0.15, 0.2) is 0 Å². The molecule has 0 spiro atoms. The van der Waals surface area contributed by atoms with Crippen LogP contribution in [-0.4, -0.2) is 5.60 Å². The molecular weight excluding hydrogens is 241 g/mol. The summed E-state index contributed by atoms with van der Waals surface area (Å²) in [5.74, 6) is -0.204. The minimum absolute atomic E-state index is 0.0357. The second-order valence-corrected chi connectivity index (χ2v) is 4.79. The Kier molecular flexibility index (Phi) is 3.43. The second kappa shape index (κ2) is 4.17. The van der Waals surface area contributed by atoms with Crippen molar-refractivity contribution in [2.24, 2.45) is 0 Å². The van der Waals surface area contributed by atoms with E-state index in [-0.39, 0.29) is 10.8 Å². The molecule has 0 aromatic heterocycles. The van der Waals surface area contributed by atoms with Crippen molar-refractivity contribution in [2.75, 3.05) is 0 Å². The van der Waals surface area contributed by atoms with Crippen molar-refractivity contribution in [3.8, 4) is 5.75 Å². The molecule has 5 heteroatoms. The molecule has 1 rings (SSSR count). The first kappa shape index (κ1) is 13.2. The first-order valence-corrected chi connectivity index (χ1v) is 5.03. The highest BCUT2D eigenvalue weighted by atomic mass is 35.5. The van der Waals surface area contributed by atoms with Gasteiger partial charge in [0.05, 0.1) is 5.56 Å². The predicted molar refractivity (Wildman–Crippen MR) is 56.8 cm³/mol. The molecule has 0 saturated heterocycles. The van der Waals surface area contributed by atoms with E-state index in [1.165, 1.54) is 12.1 Å². The maximum Gasteiger partial charge on any atom is 0.420 e. The summed E-state index contributed by atoms with van der Waals surface area (Å²) in [6, 6.07) is 3.47. The summed E-state index contributed by atoms with van der Waals surface area (Å²) >= 11 is 5.54. The second-order valence-electron chi connectivity index (χ2n) is 4.35. The SMILES string of the molecule is CC(C)(C)Oc1ccc(Cl)cc1C(F)(F)F. The lowest BCUT2D eigenvalue weighted by Crippen LogP contribution is -2.24. The van der Waals surface area contributed by atoms with Gasteiger partial charge in [0.25, 0.3) is 0 Å². The van der Waals surface area contributed by atoms with Crippen LogP contribution in [0.1, 0.15) is 26.3 Å². The zero-order valence-corrected chi connectivity index (χ0v) is 9.91. The van der Waals surface area contributed by atoms with Crippen molar-refractivity contribution < 1.29 is 17.9 Å². The van der Waals surface area contributed by atoms with Gasteiger partial charge < -0.3 is 4.74 Å². The Morgan fingerprint density at radius 3 is 2.12 bits per heavy atom. The smallest absolute Gasteiger partial charge is 0.420 e. The lowest BCUT2D eigenvalue weighted by Gasteiger charge is -2.24. The van der Waals surface area contributed by atoms with Crippen molar-refractivity contribution >= 4 is 11.6 Å². The standard InChI is InChI=1S/C11H12ClF3O/c1-10(2,3)16-9-5-4-7(12)6-8(9)11(13,14)15/h4-6H,1-3H3. The fourth-order valence-corrected chi connectivity index (χ4v) is 1.31. The van der Waals surface area contributed by atoms with Crippen molar-refractivity contribution in [3.63, 3.8) is 0 Å². The monoisotopic (exact) mass is 252 g/mol.